The van der Waals surface area contributed by atoms with Crippen LogP contribution in [0.25, 0.3) is 4.96 Å². The highest BCUT2D eigenvalue weighted by atomic mass is 32.2. The number of nitrogen functional groups attached to an aromatic ring is 1. The number of aromatic nitrogens is 2. The molecule has 0 saturated heterocycles. The molecule has 0 unspecified atom stereocenters. The lowest BCUT2D eigenvalue weighted by Crippen LogP contribution is -2.33. The van der Waals surface area contributed by atoms with Crippen molar-refractivity contribution in [1.29, 1.82) is 0 Å². The molecule has 0 saturated carbocycles. The summed E-state index contributed by atoms with van der Waals surface area (Å²) in [5, 5.41) is 1.81. The van der Waals surface area contributed by atoms with E-state index in [1.165, 1.54) is 15.7 Å². The Morgan fingerprint density at radius 2 is 2.30 bits per heavy atom. The molecule has 0 fully saturated rings. The van der Waals surface area contributed by atoms with E-state index in [9.17, 15) is 8.42 Å². The first-order valence-corrected chi connectivity index (χ1v) is 8.46. The van der Waals surface area contributed by atoms with Gasteiger partial charge in [-0.15, -0.1) is 11.3 Å². The predicted molar refractivity (Wildman–Crippen MR) is 79.2 cm³/mol. The lowest BCUT2D eigenvalue weighted by molar-refractivity contribution is 0.358. The average molecular weight is 318 g/mol. The smallest absolute Gasteiger partial charge is 0.260 e. The van der Waals surface area contributed by atoms with Crippen molar-refractivity contribution in [3.05, 3.63) is 11.6 Å². The maximum absolute atomic E-state index is 12.4. The number of anilines is 1. The summed E-state index contributed by atoms with van der Waals surface area (Å²) in [5.41, 5.74) is 2.33. The lowest BCUT2D eigenvalue weighted by Gasteiger charge is -2.14. The van der Waals surface area contributed by atoms with E-state index in [-0.39, 0.29) is 10.8 Å². The van der Waals surface area contributed by atoms with Gasteiger partial charge in [0.2, 0.25) is 5.03 Å². The van der Waals surface area contributed by atoms with Crippen molar-refractivity contribution in [1.82, 2.24) is 19.0 Å². The number of likely N-dealkylation sites (N-methyl/N-ethyl adjacent to an activating group) is 1. The molecular formula is C10H18N6O2S2. The van der Waals surface area contributed by atoms with Crippen LogP contribution in [-0.4, -0.2) is 49.4 Å². The summed E-state index contributed by atoms with van der Waals surface area (Å²) in [4.78, 5) is 6.72. The summed E-state index contributed by atoms with van der Waals surface area (Å²) in [6.45, 7) is 3.83. The maximum Gasteiger partial charge on any atom is 0.260 e. The molecule has 0 spiro atoms. The topological polar surface area (TPSA) is 105 Å². The van der Waals surface area contributed by atoms with Crippen LogP contribution >= 0.6 is 11.3 Å². The molecule has 10 heteroatoms. The summed E-state index contributed by atoms with van der Waals surface area (Å²) >= 11 is 1.34. The molecule has 2 heterocycles. The summed E-state index contributed by atoms with van der Waals surface area (Å²) in [7, 11) is -1.74. The van der Waals surface area contributed by atoms with Crippen LogP contribution in [0.2, 0.25) is 0 Å². The van der Waals surface area contributed by atoms with Gasteiger partial charge in [0.05, 0.1) is 0 Å². The minimum absolute atomic E-state index is 0.0374. The number of hydrogen-bond acceptors (Lipinski definition) is 7. The Balaban J connectivity index is 2.24. The number of nitrogens with one attached hydrogen (secondary N) is 2. The largest absolute Gasteiger partial charge is 0.306 e. The van der Waals surface area contributed by atoms with Crippen LogP contribution in [0.15, 0.2) is 16.6 Å². The molecule has 20 heavy (non-hydrogen) atoms. The van der Waals surface area contributed by atoms with E-state index in [1.807, 2.05) is 18.9 Å². The number of nitrogens with zero attached hydrogens (tertiary/aromatic N) is 3. The molecule has 0 aliphatic carbocycles. The van der Waals surface area contributed by atoms with Gasteiger partial charge in [-0.1, -0.05) is 6.92 Å². The Morgan fingerprint density at radius 3 is 2.95 bits per heavy atom. The van der Waals surface area contributed by atoms with Gasteiger partial charge < -0.3 is 10.3 Å². The van der Waals surface area contributed by atoms with Crippen LogP contribution in [0.5, 0.6) is 0 Å². The zero-order chi connectivity index (χ0) is 14.8. The van der Waals surface area contributed by atoms with E-state index >= 15 is 0 Å². The van der Waals surface area contributed by atoms with Crippen LogP contribution in [0.4, 0.5) is 5.82 Å². The fraction of sp³-hybridized carbons (Fsp3) is 0.500. The standard InChI is InChI=1S/C10H18N6O2S2/c1-3-15(2)5-4-12-20(17,18)9-8(14-11)13-10-16(9)6-7-19-10/h6-7,12,14H,3-5,11H2,1-2H3. The summed E-state index contributed by atoms with van der Waals surface area (Å²) in [6.07, 6.45) is 1.65. The molecular weight excluding hydrogens is 300 g/mol. The highest BCUT2D eigenvalue weighted by Crippen LogP contribution is 2.24. The van der Waals surface area contributed by atoms with Gasteiger partial charge in [-0.05, 0) is 13.6 Å². The summed E-state index contributed by atoms with van der Waals surface area (Å²) in [6, 6.07) is 0. The number of rotatable bonds is 7. The molecule has 0 atom stereocenters. The number of hydrogen-bond donors (Lipinski definition) is 3. The van der Waals surface area contributed by atoms with Crippen LogP contribution in [0.1, 0.15) is 6.92 Å². The van der Waals surface area contributed by atoms with Gasteiger partial charge in [-0.25, -0.2) is 19.0 Å². The summed E-state index contributed by atoms with van der Waals surface area (Å²) in [5.74, 6) is 5.49. The van der Waals surface area contributed by atoms with Gasteiger partial charge in [0.1, 0.15) is 0 Å². The molecule has 2 rings (SSSR count). The van der Waals surface area contributed by atoms with Crippen LogP contribution < -0.4 is 16.0 Å². The number of hydrazine groups is 1. The number of thiazole rings is 1. The molecule has 0 aromatic carbocycles. The van der Waals surface area contributed by atoms with Gasteiger partial charge in [0.15, 0.2) is 10.8 Å². The minimum Gasteiger partial charge on any atom is -0.306 e. The van der Waals surface area contributed by atoms with Crippen molar-refractivity contribution in [3.8, 4) is 0 Å². The molecule has 2 aromatic rings. The second-order valence-electron chi connectivity index (χ2n) is 4.26. The Bertz CT molecular complexity index is 677. The van der Waals surface area contributed by atoms with E-state index in [1.54, 1.807) is 11.6 Å². The van der Waals surface area contributed by atoms with E-state index < -0.39 is 10.0 Å². The number of fused-ring (bicyclic) bond motifs is 1. The third-order valence-electron chi connectivity index (χ3n) is 2.93. The Kier molecular flexibility index (Phi) is 4.60. The number of imidazole rings is 1. The average Bonchev–Trinajstić information content (AvgIpc) is 2.97. The van der Waals surface area contributed by atoms with Gasteiger partial charge >= 0.3 is 0 Å². The van der Waals surface area contributed by atoms with Crippen molar-refractivity contribution in [2.45, 2.75) is 11.9 Å². The molecule has 112 valence electrons. The Morgan fingerprint density at radius 1 is 1.55 bits per heavy atom. The molecule has 0 amide bonds. The highest BCUT2D eigenvalue weighted by Gasteiger charge is 2.25. The zero-order valence-electron chi connectivity index (χ0n) is 11.3. The van der Waals surface area contributed by atoms with E-state index in [4.69, 9.17) is 5.84 Å². The van der Waals surface area contributed by atoms with Gasteiger partial charge in [-0.2, -0.15) is 4.98 Å². The molecule has 4 N–H and O–H groups in total. The van der Waals surface area contributed by atoms with Crippen LogP contribution in [0.3, 0.4) is 0 Å². The molecule has 8 nitrogen and oxygen atoms in total. The first-order valence-electron chi connectivity index (χ1n) is 6.10. The molecule has 0 aliphatic heterocycles. The van der Waals surface area contributed by atoms with Gasteiger partial charge in [0.25, 0.3) is 10.0 Å². The van der Waals surface area contributed by atoms with Crippen molar-refractivity contribution in [2.75, 3.05) is 32.1 Å². The highest BCUT2D eigenvalue weighted by molar-refractivity contribution is 7.89. The first kappa shape index (κ1) is 15.2. The third kappa shape index (κ3) is 2.94. The van der Waals surface area contributed by atoms with Gasteiger partial charge in [0, 0.05) is 24.7 Å². The summed E-state index contributed by atoms with van der Waals surface area (Å²) < 4.78 is 28.8. The number of sulfonamides is 1. The van der Waals surface area contributed by atoms with Crippen molar-refractivity contribution >= 4 is 32.1 Å². The quantitative estimate of drug-likeness (QED) is 0.487. The second-order valence-corrected chi connectivity index (χ2v) is 6.81. The van der Waals surface area contributed by atoms with E-state index in [0.717, 1.165) is 6.54 Å². The van der Waals surface area contributed by atoms with Crippen LogP contribution in [-0.2, 0) is 10.0 Å². The minimum atomic E-state index is -3.67. The van der Waals surface area contributed by atoms with Gasteiger partial charge in [-0.3, -0.25) is 4.40 Å². The molecule has 0 aliphatic rings. The lowest BCUT2D eigenvalue weighted by atomic mass is 10.5. The maximum atomic E-state index is 12.4. The van der Waals surface area contributed by atoms with Crippen molar-refractivity contribution in [3.63, 3.8) is 0 Å². The normalized spacial score (nSPS) is 12.4. The number of nitrogens with two attached hydrogens (primary N) is 1. The van der Waals surface area contributed by atoms with E-state index in [0.29, 0.717) is 18.1 Å². The molecule has 0 bridgehead atoms. The first-order chi connectivity index (χ1) is 9.49. The Labute approximate surface area is 121 Å². The third-order valence-corrected chi connectivity index (χ3v) is 5.17. The monoisotopic (exact) mass is 318 g/mol. The van der Waals surface area contributed by atoms with Crippen LogP contribution in [0, 0.1) is 0 Å². The van der Waals surface area contributed by atoms with Crippen molar-refractivity contribution in [2.24, 2.45) is 5.84 Å². The Hall–Kier alpha value is -1.20. The predicted octanol–water partition coefficient (Wildman–Crippen LogP) is -0.0886. The molecule has 2 aromatic heterocycles. The second kappa shape index (κ2) is 6.06. The zero-order valence-corrected chi connectivity index (χ0v) is 13.0. The van der Waals surface area contributed by atoms with Crippen molar-refractivity contribution < 1.29 is 8.42 Å². The van der Waals surface area contributed by atoms with E-state index in [2.05, 4.69) is 15.1 Å². The molecule has 0 radical (unpaired) electrons. The fourth-order valence-electron chi connectivity index (χ4n) is 1.71. The SMILES string of the molecule is CCN(C)CCNS(=O)(=O)c1c(NN)nc2sccn12. The fourth-order valence-corrected chi connectivity index (χ4v) is 3.75.